The van der Waals surface area contributed by atoms with Crippen LogP contribution in [0.1, 0.15) is 114 Å². The maximum absolute atomic E-state index is 17.0. The maximum atomic E-state index is 17.0. The first-order chi connectivity index (χ1) is 48.0. The molecule has 8 fully saturated rings. The number of nitrogens with zero attached hydrogens (tertiary/aromatic N) is 8. The van der Waals surface area contributed by atoms with E-state index in [1.807, 2.05) is 0 Å². The van der Waals surface area contributed by atoms with Gasteiger partial charge in [0.05, 0.1) is 26.1 Å². The molecule has 0 spiro atoms. The van der Waals surface area contributed by atoms with Crippen LogP contribution in [0.15, 0.2) is 0 Å². The first-order valence-electron chi connectivity index (χ1n) is 30.6. The van der Waals surface area contributed by atoms with E-state index in [0.717, 1.165) is 0 Å². The molecule has 0 unspecified atom stereocenters. The van der Waals surface area contributed by atoms with Crippen LogP contribution in [0.4, 0.5) is 205 Å². The van der Waals surface area contributed by atoms with E-state index in [1.165, 1.54) is 0 Å². The highest BCUT2D eigenvalue weighted by molar-refractivity contribution is 5.42. The zero-order valence-corrected chi connectivity index (χ0v) is 52.6. The zero-order valence-electron chi connectivity index (χ0n) is 52.6. The van der Waals surface area contributed by atoms with E-state index in [9.17, 15) is 140 Å². The van der Waals surface area contributed by atoms with Crippen molar-refractivity contribution >= 4 is 11.9 Å². The monoisotopic (exact) mass is 1670 g/mol. The Bertz CT molecular complexity index is 3270. The van der Waals surface area contributed by atoms with Gasteiger partial charge in [-0.15, -0.1) is 0 Å². The molecule has 0 aromatic carbocycles. The van der Waals surface area contributed by atoms with Crippen LogP contribution in [0.2, 0.25) is 0 Å². The Morgan fingerprint density at radius 2 is 0.463 bits per heavy atom. The molecule has 108 heavy (non-hydrogen) atoms. The van der Waals surface area contributed by atoms with Gasteiger partial charge in [0, 0.05) is 37.0 Å². The summed E-state index contributed by atoms with van der Waals surface area (Å²) in [6.07, 6.45) is -48.2. The topological polar surface area (TPSA) is 102 Å². The van der Waals surface area contributed by atoms with Gasteiger partial charge in [0.25, 0.3) is 0 Å². The molecule has 0 radical (unpaired) electrons. The molecule has 10 rings (SSSR count). The van der Waals surface area contributed by atoms with E-state index < -0.39 is 292 Å². The molecule has 2 aromatic rings. The van der Waals surface area contributed by atoms with Crippen molar-refractivity contribution in [3.63, 3.8) is 0 Å². The summed E-state index contributed by atoms with van der Waals surface area (Å²) < 4.78 is 650. The molecule has 8 bridgehead atoms. The van der Waals surface area contributed by atoms with Crippen LogP contribution in [0.5, 0.6) is 12.0 Å². The molecule has 8 aliphatic carbocycles. The Morgan fingerprint density at radius 1 is 0.259 bits per heavy atom. The van der Waals surface area contributed by atoms with Crippen molar-refractivity contribution in [1.29, 1.82) is 0 Å². The molecular weight excluding hydrogens is 1630 g/mol. The minimum absolute atomic E-state index is 0.00872. The average molecular weight is 1670 g/mol. The third-order valence-electron chi connectivity index (χ3n) is 20.0. The number of halogens is 44. The smallest absolute Gasteiger partial charge is 0.460 e. The van der Waals surface area contributed by atoms with Crippen molar-refractivity contribution in [2.75, 3.05) is 36.1 Å². The number of hydrogen-bond donors (Lipinski definition) is 0. The number of alkyl halides is 44. The van der Waals surface area contributed by atoms with Crippen LogP contribution in [-0.2, 0) is 11.8 Å². The third-order valence-corrected chi connectivity index (χ3v) is 20.0. The predicted molar refractivity (Wildman–Crippen MR) is 267 cm³/mol. The van der Waals surface area contributed by atoms with Crippen LogP contribution < -0.4 is 19.3 Å². The minimum Gasteiger partial charge on any atom is -0.463 e. The summed E-state index contributed by atoms with van der Waals surface area (Å²) in [6.45, 7) is -10.7. The van der Waals surface area contributed by atoms with Crippen LogP contribution in [-0.4, -0.2) is 175 Å². The lowest BCUT2D eigenvalue weighted by atomic mass is 9.52. The predicted octanol–water partition coefficient (Wildman–Crippen LogP) is 20.0. The van der Waals surface area contributed by atoms with Gasteiger partial charge < -0.3 is 19.3 Å². The fourth-order valence-electron chi connectivity index (χ4n) is 15.2. The van der Waals surface area contributed by atoms with E-state index in [1.54, 1.807) is 0 Å². The fourth-order valence-corrected chi connectivity index (χ4v) is 15.2. The number of anilines is 2. The molecule has 8 aliphatic rings. The van der Waals surface area contributed by atoms with Gasteiger partial charge in [-0.05, 0) is 113 Å². The van der Waals surface area contributed by atoms with Gasteiger partial charge in [-0.2, -0.15) is 223 Å². The molecular formula is C54H46F44N8O2. The highest BCUT2D eigenvalue weighted by atomic mass is 19.5. The van der Waals surface area contributed by atoms with Gasteiger partial charge >= 0.3 is 131 Å². The van der Waals surface area contributed by atoms with Gasteiger partial charge in [0.1, 0.15) is 0 Å². The van der Waals surface area contributed by atoms with Gasteiger partial charge in [-0.3, -0.25) is 0 Å². The summed E-state index contributed by atoms with van der Waals surface area (Å²) in [7, 11) is 0. The third kappa shape index (κ3) is 14.0. The number of rotatable bonds is 31. The zero-order chi connectivity index (χ0) is 82.9. The van der Waals surface area contributed by atoms with Crippen molar-refractivity contribution in [2.24, 2.45) is 35.5 Å². The van der Waals surface area contributed by atoms with Crippen LogP contribution >= 0.6 is 0 Å². The highest BCUT2D eigenvalue weighted by Crippen LogP contribution is 2.65. The fraction of sp³-hybridized carbons (Fsp3) is 0.889. The molecule has 0 atom stereocenters. The maximum Gasteiger partial charge on any atom is 0.460 e. The van der Waals surface area contributed by atoms with Crippen molar-refractivity contribution in [2.45, 2.75) is 233 Å². The average Bonchev–Trinajstić information content (AvgIpc) is 0.709. The number of aromatic nitrogens is 6. The molecule has 0 amide bonds. The first kappa shape index (κ1) is 87.7. The Kier molecular flexibility index (Phi) is 21.4. The Morgan fingerprint density at radius 3 is 0.667 bits per heavy atom. The van der Waals surface area contributed by atoms with Crippen LogP contribution in [0.3, 0.4) is 0 Å². The molecule has 0 aliphatic heterocycles. The van der Waals surface area contributed by atoms with E-state index in [0.29, 0.717) is 0 Å². The van der Waals surface area contributed by atoms with Gasteiger partial charge in [0.15, 0.2) is 0 Å². The van der Waals surface area contributed by atoms with E-state index >= 15 is 52.7 Å². The SMILES string of the molecule is FC(F)(F)C(F)(F)C(F)(F)C(F)(F)CCOc1nc(N(CCC(F)(F)C(F)(F)C(F)(F)C(F)(F)F)C23CC4CC(CC(C4)C2)C3)nc(C(F)(F)C(F)(F)C(F)(F)C(F)(F)c2nc(OCCC(F)(F)C(F)(F)C(F)(F)C(F)(F)F)nc(N(CCC(F)(F)C(F)(F)C(F)(F)C(F)(F)F)C34CC5CC(CC(C5)C3)C4)n2)n1. The molecule has 2 aromatic heterocycles. The van der Waals surface area contributed by atoms with Gasteiger partial charge in [-0.1, -0.05) is 0 Å². The quantitative estimate of drug-likeness (QED) is 0.0678. The van der Waals surface area contributed by atoms with Crippen molar-refractivity contribution in [3.8, 4) is 12.0 Å². The van der Waals surface area contributed by atoms with Gasteiger partial charge in [0.2, 0.25) is 23.5 Å². The van der Waals surface area contributed by atoms with Crippen molar-refractivity contribution < 1.29 is 203 Å². The Balaban J connectivity index is 1.30. The first-order valence-corrected chi connectivity index (χ1v) is 30.6. The summed E-state index contributed by atoms with van der Waals surface area (Å²) in [4.78, 5) is 14.9. The molecule has 2 heterocycles. The second-order valence-corrected chi connectivity index (χ2v) is 27.5. The lowest BCUT2D eigenvalue weighted by Crippen LogP contribution is -2.64. The highest BCUT2D eigenvalue weighted by Gasteiger charge is 2.87. The van der Waals surface area contributed by atoms with Gasteiger partial charge in [-0.25, -0.2) is 0 Å². The summed E-state index contributed by atoms with van der Waals surface area (Å²) in [5, 5.41) is 0. The molecule has 0 saturated heterocycles. The lowest BCUT2D eigenvalue weighted by molar-refractivity contribution is -0.397. The van der Waals surface area contributed by atoms with E-state index in [2.05, 4.69) is 39.4 Å². The second-order valence-electron chi connectivity index (χ2n) is 27.5. The summed E-state index contributed by atoms with van der Waals surface area (Å²) in [5.74, 6) is -140. The largest absolute Gasteiger partial charge is 0.463 e. The standard InChI is InChI=1S/C54H46F44N8O2/c55-35(56,41(67,68)47(79,80)51(87,88)89)1-5-105(33-15-21-9-22(16-33)11-23(10-21)17-33)29-99-27(101-31(103-29)107-7-3-37(59,60)43(71,72)49(83,84)53(93,94)95)39(63,64)45(75,76)46(77,78)40(65,66)28-100-30(104-32(102-28)108-8-4-38(61,62)44(73,74)50(85,86)54(96,97)98)106(34-18-24-12-25(19-34)14-26(13-24)20-34)6-2-36(57,58)42(69,70)48(81,82)52(90,91)92/h21-26H,1-20H2. The minimum atomic E-state index is -8.45. The summed E-state index contributed by atoms with van der Waals surface area (Å²) in [5.41, 5.74) is -4.91. The van der Waals surface area contributed by atoms with Crippen LogP contribution in [0, 0.1) is 35.5 Å². The Labute approximate surface area is 572 Å². The Hall–Kier alpha value is -5.86. The molecule has 54 heteroatoms. The molecule has 622 valence electrons. The van der Waals surface area contributed by atoms with E-state index in [4.69, 9.17) is 0 Å². The normalized spacial score (nSPS) is 25.1. The summed E-state index contributed by atoms with van der Waals surface area (Å²) in [6, 6.07) is -5.55. The molecule has 10 nitrogen and oxygen atoms in total. The summed E-state index contributed by atoms with van der Waals surface area (Å²) >= 11 is 0. The number of hydrogen-bond acceptors (Lipinski definition) is 10. The number of ether oxygens (including phenoxy) is 2. The van der Waals surface area contributed by atoms with Crippen molar-refractivity contribution in [3.05, 3.63) is 11.6 Å². The van der Waals surface area contributed by atoms with E-state index in [-0.39, 0.29) is 48.3 Å². The second kappa shape index (κ2) is 26.4. The van der Waals surface area contributed by atoms with Crippen molar-refractivity contribution in [1.82, 2.24) is 29.9 Å². The van der Waals surface area contributed by atoms with Crippen LogP contribution in [0.25, 0.3) is 0 Å². The molecule has 0 N–H and O–H groups in total. The molecule has 8 saturated carbocycles. The lowest BCUT2D eigenvalue weighted by Gasteiger charge is -2.60.